The summed E-state index contributed by atoms with van der Waals surface area (Å²) in [6, 6.07) is 5.90. The van der Waals surface area contributed by atoms with Crippen LogP contribution in [0.1, 0.15) is 32.1 Å². The highest BCUT2D eigenvalue weighted by atomic mass is 19.4. The molecule has 0 bridgehead atoms. The molecule has 3 aliphatic rings. The fourth-order valence-corrected chi connectivity index (χ4v) is 4.75. The molecule has 3 fully saturated rings. The first kappa shape index (κ1) is 22.2. The number of rotatable bonds is 6. The van der Waals surface area contributed by atoms with E-state index in [1.165, 1.54) is 18.2 Å². The van der Waals surface area contributed by atoms with Gasteiger partial charge >= 0.3 is 6.36 Å². The Hall–Kier alpha value is -2.00. The van der Waals surface area contributed by atoms with Gasteiger partial charge in [-0.25, -0.2) is 0 Å². The highest BCUT2D eigenvalue weighted by Crippen LogP contribution is 2.53. The number of ether oxygens (including phenoxy) is 1. The maximum absolute atomic E-state index is 12.5. The molecule has 1 atom stereocenters. The van der Waals surface area contributed by atoms with E-state index >= 15 is 0 Å². The van der Waals surface area contributed by atoms with Crippen molar-refractivity contribution >= 4 is 11.6 Å². The molecule has 1 aliphatic carbocycles. The molecule has 1 saturated carbocycles. The van der Waals surface area contributed by atoms with Crippen LogP contribution in [0.5, 0.6) is 5.75 Å². The number of amides is 1. The van der Waals surface area contributed by atoms with Crippen LogP contribution in [-0.2, 0) is 4.79 Å². The van der Waals surface area contributed by atoms with Gasteiger partial charge in [-0.2, -0.15) is 0 Å². The molecule has 6 nitrogen and oxygen atoms in total. The van der Waals surface area contributed by atoms with E-state index in [2.05, 4.69) is 9.64 Å². The summed E-state index contributed by atoms with van der Waals surface area (Å²) in [5, 5.41) is 10.3. The summed E-state index contributed by atoms with van der Waals surface area (Å²) in [7, 11) is 0. The number of hydrogen-bond donors (Lipinski definition) is 1. The second-order valence-corrected chi connectivity index (χ2v) is 8.95. The monoisotopic (exact) mass is 441 g/mol. The summed E-state index contributed by atoms with van der Waals surface area (Å²) in [4.78, 5) is 18.6. The van der Waals surface area contributed by atoms with Crippen LogP contribution in [0.4, 0.5) is 18.9 Å². The number of alkyl halides is 3. The normalized spacial score (nSPS) is 24.4. The number of piperidine rings is 1. The number of benzene rings is 1. The number of nitrogens with zero attached hydrogens (tertiary/aromatic N) is 3. The molecule has 172 valence electrons. The lowest BCUT2D eigenvalue weighted by Crippen LogP contribution is -2.46. The van der Waals surface area contributed by atoms with Crippen molar-refractivity contribution in [2.75, 3.05) is 50.7 Å². The quantitative estimate of drug-likeness (QED) is 0.736. The zero-order chi connectivity index (χ0) is 22.1. The topological polar surface area (TPSA) is 56.2 Å². The number of aliphatic hydroxyl groups excluding tert-OH is 1. The molecule has 2 aliphatic heterocycles. The Bertz CT molecular complexity index is 785. The van der Waals surface area contributed by atoms with Gasteiger partial charge in [0.2, 0.25) is 5.91 Å². The lowest BCUT2D eigenvalue weighted by atomic mass is 9.90. The third-order valence-corrected chi connectivity index (χ3v) is 6.86. The van der Waals surface area contributed by atoms with Crippen LogP contribution in [0.2, 0.25) is 0 Å². The van der Waals surface area contributed by atoms with Crippen LogP contribution < -0.4 is 9.64 Å². The van der Waals surface area contributed by atoms with E-state index in [-0.39, 0.29) is 23.2 Å². The zero-order valence-electron chi connectivity index (χ0n) is 17.6. The van der Waals surface area contributed by atoms with Gasteiger partial charge in [0, 0.05) is 50.9 Å². The van der Waals surface area contributed by atoms with Gasteiger partial charge in [-0.05, 0) is 56.3 Å². The molecule has 1 aromatic carbocycles. The van der Waals surface area contributed by atoms with Gasteiger partial charge < -0.3 is 24.5 Å². The van der Waals surface area contributed by atoms with Gasteiger partial charge in [0.1, 0.15) is 5.75 Å². The van der Waals surface area contributed by atoms with Gasteiger partial charge in [0.25, 0.3) is 0 Å². The smallest absolute Gasteiger partial charge is 0.406 e. The lowest BCUT2D eigenvalue weighted by Gasteiger charge is -2.36. The largest absolute Gasteiger partial charge is 0.573 e. The molecule has 0 aromatic heterocycles. The van der Waals surface area contributed by atoms with Crippen molar-refractivity contribution in [1.82, 2.24) is 9.80 Å². The van der Waals surface area contributed by atoms with E-state index < -0.39 is 6.36 Å². The number of β-amino-alcohol motifs (C(OH)–C–C–N with tert-alkyl or cyclic N) is 1. The fourth-order valence-electron chi connectivity index (χ4n) is 4.75. The van der Waals surface area contributed by atoms with Crippen molar-refractivity contribution in [3.8, 4) is 5.75 Å². The highest BCUT2D eigenvalue weighted by Gasteiger charge is 2.51. The number of carbonyl (C=O) groups excluding carboxylic acids is 1. The number of aliphatic hydroxyl groups is 1. The van der Waals surface area contributed by atoms with E-state index in [1.54, 1.807) is 6.07 Å². The van der Waals surface area contributed by atoms with Gasteiger partial charge in [-0.15, -0.1) is 13.2 Å². The van der Waals surface area contributed by atoms with Crippen molar-refractivity contribution in [2.45, 2.75) is 44.6 Å². The summed E-state index contributed by atoms with van der Waals surface area (Å²) < 4.78 is 41.5. The molecule has 2 saturated heterocycles. The first-order chi connectivity index (χ1) is 14.7. The zero-order valence-corrected chi connectivity index (χ0v) is 17.6. The minimum atomic E-state index is -4.73. The van der Waals surface area contributed by atoms with Gasteiger partial charge in [-0.3, -0.25) is 4.79 Å². The molecule has 0 radical (unpaired) electrons. The molecule has 4 rings (SSSR count). The second-order valence-electron chi connectivity index (χ2n) is 8.95. The third kappa shape index (κ3) is 5.63. The highest BCUT2D eigenvalue weighted by molar-refractivity contribution is 5.77. The van der Waals surface area contributed by atoms with Crippen LogP contribution in [0.25, 0.3) is 0 Å². The Morgan fingerprint density at radius 1 is 1.10 bits per heavy atom. The lowest BCUT2D eigenvalue weighted by molar-refractivity contribution is -0.274. The van der Waals surface area contributed by atoms with E-state index in [0.717, 1.165) is 45.3 Å². The molecule has 1 N–H and O–H groups in total. The van der Waals surface area contributed by atoms with Gasteiger partial charge in [0.05, 0.1) is 6.10 Å². The number of halogens is 3. The van der Waals surface area contributed by atoms with E-state index in [9.17, 15) is 23.1 Å². The first-order valence-corrected chi connectivity index (χ1v) is 11.0. The van der Waals surface area contributed by atoms with Gasteiger partial charge in [-0.1, -0.05) is 6.07 Å². The predicted octanol–water partition coefficient (Wildman–Crippen LogP) is 2.86. The maximum atomic E-state index is 12.5. The number of carbonyl (C=O) groups is 1. The summed E-state index contributed by atoms with van der Waals surface area (Å²) in [5.41, 5.74) is 0.816. The Balaban J connectivity index is 1.26. The average Bonchev–Trinajstić information content (AvgIpc) is 3.50. The van der Waals surface area contributed by atoms with E-state index in [1.807, 2.05) is 9.80 Å². The van der Waals surface area contributed by atoms with Crippen LogP contribution in [0, 0.1) is 5.41 Å². The number of likely N-dealkylation sites (tertiary alicyclic amines) is 1. The van der Waals surface area contributed by atoms with Crippen LogP contribution in [0.3, 0.4) is 0 Å². The molecule has 9 heteroatoms. The molecular formula is C22H30F3N3O3. The summed E-state index contributed by atoms with van der Waals surface area (Å²) in [5.74, 6) is -0.185. The molecule has 1 amide bonds. The van der Waals surface area contributed by atoms with Crippen molar-refractivity contribution in [3.05, 3.63) is 24.3 Å². The summed E-state index contributed by atoms with van der Waals surface area (Å²) in [6.07, 6.45) is -0.434. The van der Waals surface area contributed by atoms with Gasteiger partial charge in [0.15, 0.2) is 0 Å². The van der Waals surface area contributed by atoms with Crippen molar-refractivity contribution in [1.29, 1.82) is 0 Å². The molecule has 1 aromatic rings. The molecule has 1 unspecified atom stereocenters. The number of hydrogen-bond acceptors (Lipinski definition) is 5. The first-order valence-electron chi connectivity index (χ1n) is 11.0. The molecular weight excluding hydrogens is 411 g/mol. The van der Waals surface area contributed by atoms with Crippen LogP contribution in [0.15, 0.2) is 24.3 Å². The number of anilines is 1. The minimum absolute atomic E-state index is 0.0702. The fraction of sp³-hybridized carbons (Fsp3) is 0.682. The van der Waals surface area contributed by atoms with E-state index in [4.69, 9.17) is 0 Å². The molecule has 1 spiro atoms. The Morgan fingerprint density at radius 3 is 2.61 bits per heavy atom. The minimum Gasteiger partial charge on any atom is -0.406 e. The summed E-state index contributed by atoms with van der Waals surface area (Å²) >= 11 is 0. The summed E-state index contributed by atoms with van der Waals surface area (Å²) in [6.45, 7) is 4.80. The Morgan fingerprint density at radius 2 is 1.90 bits per heavy atom. The Kier molecular flexibility index (Phi) is 6.35. The maximum Gasteiger partial charge on any atom is 0.573 e. The predicted molar refractivity (Wildman–Crippen MR) is 110 cm³/mol. The van der Waals surface area contributed by atoms with Crippen LogP contribution in [-0.4, -0.2) is 79.1 Å². The van der Waals surface area contributed by atoms with Crippen LogP contribution >= 0.6 is 0 Å². The van der Waals surface area contributed by atoms with Crippen molar-refractivity contribution in [2.24, 2.45) is 5.41 Å². The van der Waals surface area contributed by atoms with Crippen molar-refractivity contribution < 1.29 is 27.8 Å². The third-order valence-electron chi connectivity index (χ3n) is 6.86. The van der Waals surface area contributed by atoms with Crippen molar-refractivity contribution in [3.63, 3.8) is 0 Å². The molecule has 31 heavy (non-hydrogen) atoms. The second kappa shape index (κ2) is 8.86. The Labute approximate surface area is 180 Å². The van der Waals surface area contributed by atoms with E-state index in [0.29, 0.717) is 38.3 Å². The average molecular weight is 441 g/mol. The SMILES string of the molecule is O=C1CCN(c2cccc(OC(F)(F)F)c2)CCN1CCCN1CCC2(CC2)C(O)C1. The molecule has 2 heterocycles. The standard InChI is InChI=1S/C22H30F3N3O3/c23-22(24,25)31-18-4-1-3-17(15-18)27-11-5-20(30)28(14-13-27)10-2-9-26-12-8-21(6-7-21)19(29)16-26/h1,3-4,15,19,29H,2,5-14,16H2.